The van der Waals surface area contributed by atoms with E-state index in [0.717, 1.165) is 51.4 Å². The first-order valence-electron chi connectivity index (χ1n) is 19.1. The lowest BCUT2D eigenvalue weighted by atomic mass is 9.95. The fourth-order valence-corrected chi connectivity index (χ4v) is 4.33. The number of allylic oxidation sites excluding steroid dienone is 8. The summed E-state index contributed by atoms with van der Waals surface area (Å²) in [6.07, 6.45) is 44.6. The Hall–Kier alpha value is -2.22. The summed E-state index contributed by atoms with van der Waals surface area (Å²) in [6, 6.07) is 0. The number of aliphatic carboxylic acids is 2. The molecule has 0 saturated heterocycles. The van der Waals surface area contributed by atoms with Crippen molar-refractivity contribution in [2.24, 2.45) is 5.41 Å². The first-order chi connectivity index (χ1) is 23.2. The Bertz CT molecular complexity index is 717. The minimum absolute atomic E-state index is 0.181. The van der Waals surface area contributed by atoms with E-state index in [1.165, 1.54) is 89.9 Å². The van der Waals surface area contributed by atoms with Crippen molar-refractivity contribution in [1.82, 2.24) is 0 Å². The number of carboxylic acids is 2. The average Bonchev–Trinajstić information content (AvgIpc) is 3.08. The van der Waals surface area contributed by atoms with Crippen molar-refractivity contribution in [3.8, 4) is 0 Å². The van der Waals surface area contributed by atoms with Crippen molar-refractivity contribution < 1.29 is 35.1 Å². The number of rotatable bonds is 31. The highest BCUT2D eigenvalue weighted by Gasteiger charge is 2.20. The number of carbonyl (C=O) groups is 2. The molecule has 0 heterocycles. The summed E-state index contributed by atoms with van der Waals surface area (Å²) in [7, 11) is 0. The highest BCUT2D eigenvalue weighted by Crippen LogP contribution is 2.11. The Balaban J connectivity index is -0.000000689. The van der Waals surface area contributed by atoms with E-state index in [1.807, 2.05) is 0 Å². The summed E-state index contributed by atoms with van der Waals surface area (Å²) >= 11 is 0. The third-order valence-electron chi connectivity index (χ3n) is 7.83. The summed E-state index contributed by atoms with van der Waals surface area (Å²) in [6.45, 7) is 5.53. The van der Waals surface area contributed by atoms with Crippen LogP contribution in [0.25, 0.3) is 0 Å². The van der Waals surface area contributed by atoms with E-state index in [2.05, 4.69) is 62.5 Å². The molecule has 0 aromatic carbocycles. The van der Waals surface area contributed by atoms with Crippen molar-refractivity contribution in [3.63, 3.8) is 0 Å². The van der Waals surface area contributed by atoms with Crippen LogP contribution in [0.3, 0.4) is 0 Å². The average molecular weight is 681 g/mol. The van der Waals surface area contributed by atoms with E-state index in [1.54, 1.807) is 6.92 Å². The van der Waals surface area contributed by atoms with E-state index in [9.17, 15) is 9.59 Å². The second-order valence-corrected chi connectivity index (χ2v) is 13.0. The molecule has 0 aliphatic heterocycles. The van der Waals surface area contributed by atoms with Crippen LogP contribution in [0, 0.1) is 5.41 Å². The third-order valence-corrected chi connectivity index (χ3v) is 7.83. The molecule has 7 heteroatoms. The molecule has 48 heavy (non-hydrogen) atoms. The number of unbranched alkanes of at least 4 members (excludes halogenated alkanes) is 16. The smallest absolute Gasteiger partial charge is 0.303 e. The number of aliphatic hydroxyl groups excluding tert-OH is 3. The van der Waals surface area contributed by atoms with Crippen LogP contribution in [-0.4, -0.2) is 57.3 Å². The summed E-state index contributed by atoms with van der Waals surface area (Å²) in [5, 5.41) is 42.4. The predicted molar refractivity (Wildman–Crippen MR) is 203 cm³/mol. The molecule has 0 unspecified atom stereocenters. The van der Waals surface area contributed by atoms with E-state index in [-0.39, 0.29) is 19.8 Å². The highest BCUT2D eigenvalue weighted by atomic mass is 16.4. The van der Waals surface area contributed by atoms with Crippen LogP contribution in [0.5, 0.6) is 0 Å². The molecular weight excluding hydrogens is 604 g/mol. The van der Waals surface area contributed by atoms with E-state index < -0.39 is 17.4 Å². The molecule has 0 aromatic heterocycles. The van der Waals surface area contributed by atoms with E-state index in [4.69, 9.17) is 25.5 Å². The fourth-order valence-electron chi connectivity index (χ4n) is 4.33. The van der Waals surface area contributed by atoms with Gasteiger partial charge >= 0.3 is 11.9 Å². The van der Waals surface area contributed by atoms with E-state index in [0.29, 0.717) is 12.8 Å². The number of hydrogen-bond donors (Lipinski definition) is 5. The molecule has 0 aromatic rings. The maximum atomic E-state index is 10.3. The van der Waals surface area contributed by atoms with Gasteiger partial charge in [-0.25, -0.2) is 0 Å². The van der Waals surface area contributed by atoms with Gasteiger partial charge in [-0.1, -0.05) is 134 Å². The van der Waals surface area contributed by atoms with Crippen molar-refractivity contribution in [3.05, 3.63) is 48.6 Å². The summed E-state index contributed by atoms with van der Waals surface area (Å²) in [5.41, 5.74) is -0.708. The maximum Gasteiger partial charge on any atom is 0.303 e. The highest BCUT2D eigenvalue weighted by molar-refractivity contribution is 5.66. The molecule has 0 amide bonds. The molecule has 0 spiro atoms. The zero-order chi connectivity index (χ0) is 36.4. The molecule has 0 aliphatic carbocycles. The number of hydrogen-bond acceptors (Lipinski definition) is 5. The van der Waals surface area contributed by atoms with Gasteiger partial charge in [0.25, 0.3) is 0 Å². The molecule has 5 N–H and O–H groups in total. The van der Waals surface area contributed by atoms with Gasteiger partial charge in [0.15, 0.2) is 0 Å². The fraction of sp³-hybridized carbons (Fsp3) is 0.756. The molecule has 0 saturated carbocycles. The second-order valence-electron chi connectivity index (χ2n) is 13.0. The Labute approximate surface area is 295 Å². The van der Waals surface area contributed by atoms with Crippen molar-refractivity contribution in [1.29, 1.82) is 0 Å². The van der Waals surface area contributed by atoms with Crippen LogP contribution in [0.15, 0.2) is 48.6 Å². The number of carboxylic acid groups (broad SMARTS) is 2. The second kappa shape index (κ2) is 42.8. The zero-order valence-electron chi connectivity index (χ0n) is 31.3. The first-order valence-corrected chi connectivity index (χ1v) is 19.1. The van der Waals surface area contributed by atoms with Gasteiger partial charge in [0, 0.05) is 18.3 Å². The molecular formula is C41H76O7. The quantitative estimate of drug-likeness (QED) is 0.0363. The molecule has 0 rings (SSSR count). The molecule has 0 aliphatic rings. The molecule has 282 valence electrons. The Kier molecular flexibility index (Phi) is 44.7. The van der Waals surface area contributed by atoms with Gasteiger partial charge in [0.05, 0.1) is 19.8 Å². The zero-order valence-corrected chi connectivity index (χ0v) is 31.3. The van der Waals surface area contributed by atoms with Crippen LogP contribution in [0.4, 0.5) is 0 Å². The van der Waals surface area contributed by atoms with Crippen molar-refractivity contribution in [2.75, 3.05) is 19.8 Å². The lowest BCUT2D eigenvalue weighted by Gasteiger charge is -2.20. The van der Waals surface area contributed by atoms with E-state index >= 15 is 0 Å². The molecule has 0 fully saturated rings. The monoisotopic (exact) mass is 681 g/mol. The summed E-state index contributed by atoms with van der Waals surface area (Å²) in [5.74, 6) is -1.34. The van der Waals surface area contributed by atoms with Crippen LogP contribution in [0.1, 0.15) is 175 Å². The summed E-state index contributed by atoms with van der Waals surface area (Å²) in [4.78, 5) is 20.6. The third kappa shape index (κ3) is 48.2. The molecule has 0 bridgehead atoms. The number of aliphatic hydroxyl groups is 3. The van der Waals surface area contributed by atoms with Gasteiger partial charge in [-0.2, -0.15) is 0 Å². The minimum Gasteiger partial charge on any atom is -0.481 e. The molecule has 0 radical (unpaired) electrons. The Morgan fingerprint density at radius 1 is 0.438 bits per heavy atom. The van der Waals surface area contributed by atoms with Crippen molar-refractivity contribution >= 4 is 11.9 Å². The van der Waals surface area contributed by atoms with Crippen molar-refractivity contribution in [2.45, 2.75) is 175 Å². The van der Waals surface area contributed by atoms with Gasteiger partial charge in [0.1, 0.15) is 0 Å². The lowest BCUT2D eigenvalue weighted by molar-refractivity contribution is -0.138. The Morgan fingerprint density at radius 3 is 0.958 bits per heavy atom. The standard InChI is InChI=1S/2C18H32O2.C5H12O3/c2*1-2-3-4-5-6-7-8-9-10-11-12-13-14-15-16-17-18(19)20;1-5(2-6,3-7)4-8/h2*6-7,9-10H,2-5,8,11-17H2,1H3,(H,19,20);6-8H,2-4H2,1H3. The maximum absolute atomic E-state index is 10.3. The van der Waals surface area contributed by atoms with Crippen LogP contribution in [-0.2, 0) is 9.59 Å². The lowest BCUT2D eigenvalue weighted by Crippen LogP contribution is -2.29. The van der Waals surface area contributed by atoms with Gasteiger partial charge in [-0.3, -0.25) is 9.59 Å². The van der Waals surface area contributed by atoms with Gasteiger partial charge in [-0.05, 0) is 77.0 Å². The van der Waals surface area contributed by atoms with Gasteiger partial charge in [-0.15, -0.1) is 0 Å². The SMILES string of the molecule is CC(CO)(CO)CO.CCCCCC=CCC=CCCCCCCCC(=O)O.CCCCCC=CCC=CCCCCCCCC(=O)O. The van der Waals surface area contributed by atoms with Crippen LogP contribution >= 0.6 is 0 Å². The van der Waals surface area contributed by atoms with Crippen LogP contribution in [0.2, 0.25) is 0 Å². The van der Waals surface area contributed by atoms with Gasteiger partial charge < -0.3 is 25.5 Å². The predicted octanol–water partition coefficient (Wildman–Crippen LogP) is 10.7. The summed E-state index contributed by atoms with van der Waals surface area (Å²) < 4.78 is 0. The minimum atomic E-state index is -0.708. The topological polar surface area (TPSA) is 135 Å². The van der Waals surface area contributed by atoms with Gasteiger partial charge in [0.2, 0.25) is 0 Å². The first kappa shape index (κ1) is 50.2. The normalized spacial score (nSPS) is 11.7. The molecule has 7 nitrogen and oxygen atoms in total. The van der Waals surface area contributed by atoms with Crippen LogP contribution < -0.4 is 0 Å². The largest absolute Gasteiger partial charge is 0.481 e. The Morgan fingerprint density at radius 2 is 0.708 bits per heavy atom. The molecule has 0 atom stereocenters.